The lowest BCUT2D eigenvalue weighted by Crippen LogP contribution is -1.90. The summed E-state index contributed by atoms with van der Waals surface area (Å²) in [5, 5.41) is 12.9. The minimum atomic E-state index is 0.166. The van der Waals surface area contributed by atoms with Gasteiger partial charge in [0.05, 0.1) is 7.05 Å². The quantitative estimate of drug-likeness (QED) is 0.395. The Labute approximate surface area is 41.3 Å². The maximum atomic E-state index is 4.91. The van der Waals surface area contributed by atoms with E-state index in [2.05, 4.69) is 20.7 Å². The number of nitrogens with zero attached hydrogens (tertiary/aromatic N) is 4. The van der Waals surface area contributed by atoms with E-state index in [1.165, 1.54) is 7.05 Å². The van der Waals surface area contributed by atoms with Crippen LogP contribution in [-0.4, -0.2) is 13.7 Å². The van der Waals surface area contributed by atoms with E-state index in [0.29, 0.717) is 0 Å². The second-order valence-corrected chi connectivity index (χ2v) is 0.703. The highest BCUT2D eigenvalue weighted by atomic mass is 15.5. The third-order valence-electron chi connectivity index (χ3n) is 0.274. The molecule has 0 fully saturated rings. The van der Waals surface area contributed by atoms with Crippen molar-refractivity contribution in [2.24, 2.45) is 26.4 Å². The standard InChI is InChI=1S/C2H7N5/c1-4-6-7-5-2-3/h2-3H2,1H3/b6-4-,7-5-. The van der Waals surface area contributed by atoms with E-state index in [1.807, 2.05) is 0 Å². The van der Waals surface area contributed by atoms with Crippen molar-refractivity contribution in [3.8, 4) is 0 Å². The fraction of sp³-hybridized carbons (Fsp3) is 1.00. The van der Waals surface area contributed by atoms with Gasteiger partial charge in [-0.15, -0.1) is 0 Å². The summed E-state index contributed by atoms with van der Waals surface area (Å²) in [5.74, 6) is 0. The summed E-state index contributed by atoms with van der Waals surface area (Å²) in [6.07, 6.45) is 0. The fourth-order valence-electron chi connectivity index (χ4n) is 0.105. The number of nitrogens with two attached hydrogens (primary N) is 1. The van der Waals surface area contributed by atoms with Gasteiger partial charge in [0.2, 0.25) is 0 Å². The Morgan fingerprint density at radius 1 is 1.43 bits per heavy atom. The number of rotatable bonds is 2. The fourth-order valence-corrected chi connectivity index (χ4v) is 0.105. The average molecular weight is 101 g/mol. The highest BCUT2D eigenvalue weighted by Crippen LogP contribution is 1.72. The lowest BCUT2D eigenvalue weighted by molar-refractivity contribution is 0.850. The molecule has 0 rings (SSSR count). The van der Waals surface area contributed by atoms with Crippen LogP contribution in [0.25, 0.3) is 0 Å². The van der Waals surface area contributed by atoms with Crippen molar-refractivity contribution < 1.29 is 0 Å². The molecular formula is C2H7N5. The average Bonchev–Trinajstić information content (AvgIpc) is 1.69. The molecule has 2 N–H and O–H groups in total. The molecule has 0 heterocycles. The van der Waals surface area contributed by atoms with Crippen LogP contribution in [-0.2, 0) is 0 Å². The topological polar surface area (TPSA) is 75.5 Å². The van der Waals surface area contributed by atoms with Crippen LogP contribution in [0.2, 0.25) is 0 Å². The molecular weight excluding hydrogens is 94.1 g/mol. The van der Waals surface area contributed by atoms with Gasteiger partial charge in [-0.3, -0.25) is 0 Å². The SMILES string of the molecule is C/N=N\N=N/CN. The Kier molecular flexibility index (Phi) is 4.54. The highest BCUT2D eigenvalue weighted by molar-refractivity contribution is 4.15. The smallest absolute Gasteiger partial charge is 0.109 e. The van der Waals surface area contributed by atoms with Gasteiger partial charge in [-0.25, -0.2) is 0 Å². The van der Waals surface area contributed by atoms with E-state index < -0.39 is 0 Å². The van der Waals surface area contributed by atoms with E-state index >= 15 is 0 Å². The molecule has 0 unspecified atom stereocenters. The molecule has 0 aliphatic rings. The second-order valence-electron chi connectivity index (χ2n) is 0.703. The first kappa shape index (κ1) is 6.16. The maximum absolute atomic E-state index is 4.91. The van der Waals surface area contributed by atoms with E-state index in [9.17, 15) is 0 Å². The first-order valence-corrected chi connectivity index (χ1v) is 1.77. The Balaban J connectivity index is 3.09. The molecule has 5 nitrogen and oxygen atoms in total. The molecule has 7 heavy (non-hydrogen) atoms. The molecule has 5 heteroatoms. The first-order valence-electron chi connectivity index (χ1n) is 1.77. The third kappa shape index (κ3) is 5.16. The van der Waals surface area contributed by atoms with Gasteiger partial charge in [0.15, 0.2) is 0 Å². The van der Waals surface area contributed by atoms with Crippen molar-refractivity contribution in [2.45, 2.75) is 0 Å². The predicted octanol–water partition coefficient (Wildman–Crippen LogP) is 0.352. The largest absolute Gasteiger partial charge is 0.311 e. The van der Waals surface area contributed by atoms with Crippen molar-refractivity contribution in [3.63, 3.8) is 0 Å². The van der Waals surface area contributed by atoms with Gasteiger partial charge >= 0.3 is 0 Å². The van der Waals surface area contributed by atoms with Crippen molar-refractivity contribution in [1.29, 1.82) is 0 Å². The van der Waals surface area contributed by atoms with Gasteiger partial charge in [-0.2, -0.15) is 10.2 Å². The van der Waals surface area contributed by atoms with Gasteiger partial charge in [0, 0.05) is 0 Å². The summed E-state index contributed by atoms with van der Waals surface area (Å²) in [5.41, 5.74) is 4.91. The summed E-state index contributed by atoms with van der Waals surface area (Å²) in [6, 6.07) is 0. The van der Waals surface area contributed by atoms with E-state index in [-0.39, 0.29) is 6.67 Å². The van der Waals surface area contributed by atoms with Crippen LogP contribution in [0.5, 0.6) is 0 Å². The Bertz CT molecular complexity index is 74.1. The van der Waals surface area contributed by atoms with Crippen LogP contribution in [0, 0.1) is 0 Å². The molecule has 0 radical (unpaired) electrons. The first-order chi connectivity index (χ1) is 3.41. The molecule has 40 valence electrons. The molecule has 0 saturated carbocycles. The zero-order chi connectivity index (χ0) is 5.54. The Hall–Kier alpha value is -0.840. The maximum Gasteiger partial charge on any atom is 0.109 e. The molecule has 0 saturated heterocycles. The van der Waals surface area contributed by atoms with Crippen LogP contribution in [0.4, 0.5) is 0 Å². The number of hydrogen-bond acceptors (Lipinski definition) is 3. The lowest BCUT2D eigenvalue weighted by Gasteiger charge is -1.70. The molecule has 0 aromatic heterocycles. The molecule has 0 spiro atoms. The van der Waals surface area contributed by atoms with Crippen LogP contribution < -0.4 is 5.73 Å². The van der Waals surface area contributed by atoms with Crippen molar-refractivity contribution in [1.82, 2.24) is 0 Å². The molecule has 0 aromatic carbocycles. The normalized spacial score (nSPS) is 11.7. The highest BCUT2D eigenvalue weighted by Gasteiger charge is 1.58. The molecule has 0 amide bonds. The van der Waals surface area contributed by atoms with E-state index in [4.69, 9.17) is 5.73 Å². The monoisotopic (exact) mass is 101 g/mol. The predicted molar refractivity (Wildman–Crippen MR) is 24.7 cm³/mol. The van der Waals surface area contributed by atoms with Gasteiger partial charge in [0.25, 0.3) is 0 Å². The third-order valence-corrected chi connectivity index (χ3v) is 0.274. The van der Waals surface area contributed by atoms with Crippen LogP contribution >= 0.6 is 0 Å². The van der Waals surface area contributed by atoms with Gasteiger partial charge in [0.1, 0.15) is 6.67 Å². The molecule has 0 aliphatic carbocycles. The molecule has 0 atom stereocenters. The zero-order valence-electron chi connectivity index (χ0n) is 4.07. The minimum absolute atomic E-state index is 0.166. The van der Waals surface area contributed by atoms with Gasteiger partial charge < -0.3 is 5.73 Å². The minimum Gasteiger partial charge on any atom is -0.311 e. The Morgan fingerprint density at radius 3 is 2.57 bits per heavy atom. The van der Waals surface area contributed by atoms with Gasteiger partial charge in [-0.05, 0) is 10.4 Å². The van der Waals surface area contributed by atoms with Crippen LogP contribution in [0.3, 0.4) is 0 Å². The summed E-state index contributed by atoms with van der Waals surface area (Å²) >= 11 is 0. The Morgan fingerprint density at radius 2 is 2.14 bits per heavy atom. The zero-order valence-corrected chi connectivity index (χ0v) is 4.07. The summed E-state index contributed by atoms with van der Waals surface area (Å²) < 4.78 is 0. The molecule has 0 bridgehead atoms. The molecule has 0 aromatic rings. The van der Waals surface area contributed by atoms with E-state index in [1.54, 1.807) is 0 Å². The van der Waals surface area contributed by atoms with Crippen LogP contribution in [0.15, 0.2) is 20.7 Å². The molecule has 0 aliphatic heterocycles. The second kappa shape index (κ2) is 5.16. The summed E-state index contributed by atoms with van der Waals surface area (Å²) in [6.45, 7) is 0.166. The summed E-state index contributed by atoms with van der Waals surface area (Å²) in [7, 11) is 1.51. The number of hydrogen-bond donors (Lipinski definition) is 1. The van der Waals surface area contributed by atoms with Crippen molar-refractivity contribution in [3.05, 3.63) is 0 Å². The van der Waals surface area contributed by atoms with Crippen molar-refractivity contribution in [2.75, 3.05) is 13.7 Å². The summed E-state index contributed by atoms with van der Waals surface area (Å²) in [4.78, 5) is 0. The van der Waals surface area contributed by atoms with Crippen LogP contribution in [0.1, 0.15) is 0 Å². The van der Waals surface area contributed by atoms with E-state index in [0.717, 1.165) is 0 Å². The van der Waals surface area contributed by atoms with Crippen molar-refractivity contribution >= 4 is 0 Å². The lowest BCUT2D eigenvalue weighted by atomic mass is 11.3. The van der Waals surface area contributed by atoms with Gasteiger partial charge in [-0.1, -0.05) is 0 Å².